The maximum atomic E-state index is 12.4. The van der Waals surface area contributed by atoms with Crippen LogP contribution in [-0.2, 0) is 31.9 Å². The van der Waals surface area contributed by atoms with Crippen LogP contribution in [0.1, 0.15) is 31.9 Å². The number of hydrogen-bond donors (Lipinski definition) is 3. The van der Waals surface area contributed by atoms with Crippen molar-refractivity contribution < 1.29 is 23.9 Å². The summed E-state index contributed by atoms with van der Waals surface area (Å²) in [5.74, 6) is -0.874. The molecule has 2 aromatic rings. The maximum absolute atomic E-state index is 12.4. The first-order chi connectivity index (χ1) is 15.1. The van der Waals surface area contributed by atoms with Crippen LogP contribution < -0.4 is 16.4 Å². The number of alkyl carbamates (subject to hydrolysis) is 1. The van der Waals surface area contributed by atoms with E-state index in [1.165, 1.54) is 7.11 Å². The van der Waals surface area contributed by atoms with Gasteiger partial charge in [-0.15, -0.1) is 0 Å². The lowest BCUT2D eigenvalue weighted by Gasteiger charge is -2.22. The van der Waals surface area contributed by atoms with Crippen molar-refractivity contribution >= 4 is 23.7 Å². The lowest BCUT2D eigenvalue weighted by atomic mass is 10.0. The average Bonchev–Trinajstić information content (AvgIpc) is 2.73. The molecular weight excluding hydrogens is 410 g/mol. The van der Waals surface area contributed by atoms with E-state index in [1.54, 1.807) is 45.0 Å². The van der Waals surface area contributed by atoms with E-state index < -0.39 is 29.7 Å². The van der Waals surface area contributed by atoms with Gasteiger partial charge < -0.3 is 25.8 Å². The Morgan fingerprint density at radius 3 is 2.09 bits per heavy atom. The Morgan fingerprint density at radius 1 is 0.938 bits per heavy atom. The number of anilines is 1. The van der Waals surface area contributed by atoms with Crippen LogP contribution in [0.25, 0.3) is 0 Å². The molecule has 2 amide bonds. The lowest BCUT2D eigenvalue weighted by Crippen LogP contribution is -2.45. The molecule has 172 valence electrons. The monoisotopic (exact) mass is 441 g/mol. The van der Waals surface area contributed by atoms with Crippen molar-refractivity contribution in [2.24, 2.45) is 5.73 Å². The fourth-order valence-electron chi connectivity index (χ4n) is 2.94. The first-order valence-corrected chi connectivity index (χ1v) is 10.3. The first kappa shape index (κ1) is 24.9. The molecule has 0 saturated carbocycles. The van der Waals surface area contributed by atoms with Gasteiger partial charge in [-0.05, 0) is 50.5 Å². The van der Waals surface area contributed by atoms with Gasteiger partial charge in [0.15, 0.2) is 0 Å². The number of esters is 1. The topological polar surface area (TPSA) is 120 Å². The zero-order valence-electron chi connectivity index (χ0n) is 18.9. The van der Waals surface area contributed by atoms with Crippen LogP contribution in [0.15, 0.2) is 54.6 Å². The summed E-state index contributed by atoms with van der Waals surface area (Å²) >= 11 is 0. The van der Waals surface area contributed by atoms with Crippen LogP contribution in [0.5, 0.6) is 0 Å². The zero-order valence-corrected chi connectivity index (χ0v) is 18.9. The van der Waals surface area contributed by atoms with Crippen LogP contribution in [0.3, 0.4) is 0 Å². The van der Waals surface area contributed by atoms with E-state index in [1.807, 2.05) is 30.3 Å². The molecule has 0 saturated heterocycles. The number of benzene rings is 2. The fraction of sp³-hybridized carbons (Fsp3) is 0.375. The molecule has 32 heavy (non-hydrogen) atoms. The standard InChI is InChI=1S/C24H31N3O5/c1-24(2,3)32-23(30)27-20(22(29)31-4)15-17-10-12-18(13-11-17)26-21(28)19(25)14-16-8-6-5-7-9-16/h5-13,19-20H,14-15,25H2,1-4H3,(H,26,28)(H,27,30). The van der Waals surface area contributed by atoms with Gasteiger partial charge in [0, 0.05) is 12.1 Å². The Kier molecular flexibility index (Phi) is 8.78. The minimum Gasteiger partial charge on any atom is -0.467 e. The number of carbonyl (C=O) groups is 3. The van der Waals surface area contributed by atoms with Gasteiger partial charge in [0.05, 0.1) is 13.2 Å². The predicted molar refractivity (Wildman–Crippen MR) is 122 cm³/mol. The molecule has 0 aliphatic carbocycles. The lowest BCUT2D eigenvalue weighted by molar-refractivity contribution is -0.143. The largest absolute Gasteiger partial charge is 0.467 e. The van der Waals surface area contributed by atoms with Gasteiger partial charge in [-0.1, -0.05) is 42.5 Å². The second-order valence-corrected chi connectivity index (χ2v) is 8.41. The van der Waals surface area contributed by atoms with Crippen molar-refractivity contribution in [2.45, 2.75) is 51.3 Å². The molecule has 0 aromatic heterocycles. The number of hydrogen-bond acceptors (Lipinski definition) is 6. The Bertz CT molecular complexity index is 907. The van der Waals surface area contributed by atoms with Gasteiger partial charge in [0.2, 0.25) is 5.91 Å². The molecule has 0 bridgehead atoms. The summed E-state index contributed by atoms with van der Waals surface area (Å²) in [7, 11) is 1.25. The third-order valence-corrected chi connectivity index (χ3v) is 4.47. The molecule has 2 aromatic carbocycles. The number of carbonyl (C=O) groups excluding carboxylic acids is 3. The van der Waals surface area contributed by atoms with Crippen molar-refractivity contribution in [2.75, 3.05) is 12.4 Å². The van der Waals surface area contributed by atoms with E-state index in [0.717, 1.165) is 11.1 Å². The van der Waals surface area contributed by atoms with Crippen LogP contribution >= 0.6 is 0 Å². The highest BCUT2D eigenvalue weighted by Crippen LogP contribution is 2.14. The van der Waals surface area contributed by atoms with Crippen molar-refractivity contribution in [3.8, 4) is 0 Å². The Morgan fingerprint density at radius 2 is 1.53 bits per heavy atom. The molecule has 0 spiro atoms. The quantitative estimate of drug-likeness (QED) is 0.542. The minimum absolute atomic E-state index is 0.202. The van der Waals surface area contributed by atoms with Crippen LogP contribution in [0.2, 0.25) is 0 Å². The second kappa shape index (κ2) is 11.3. The summed E-state index contributed by atoms with van der Waals surface area (Å²) in [6, 6.07) is 14.9. The normalized spacial score (nSPS) is 12.9. The Labute approximate surface area is 188 Å². The number of nitrogens with two attached hydrogens (primary N) is 1. The van der Waals surface area contributed by atoms with E-state index in [9.17, 15) is 14.4 Å². The average molecular weight is 442 g/mol. The number of rotatable bonds is 8. The third kappa shape index (κ3) is 8.39. The molecule has 8 heteroatoms. The van der Waals surface area contributed by atoms with Gasteiger partial charge in [0.25, 0.3) is 0 Å². The van der Waals surface area contributed by atoms with Crippen molar-refractivity contribution in [1.29, 1.82) is 0 Å². The molecule has 0 heterocycles. The first-order valence-electron chi connectivity index (χ1n) is 10.3. The molecule has 4 N–H and O–H groups in total. The van der Waals surface area contributed by atoms with Crippen LogP contribution in [-0.4, -0.2) is 42.8 Å². The highest BCUT2D eigenvalue weighted by molar-refractivity contribution is 5.94. The molecule has 2 unspecified atom stereocenters. The molecule has 2 atom stereocenters. The minimum atomic E-state index is -0.908. The molecule has 0 radical (unpaired) electrons. The molecule has 0 aliphatic rings. The van der Waals surface area contributed by atoms with Crippen LogP contribution in [0, 0.1) is 0 Å². The Balaban J connectivity index is 1.96. The van der Waals surface area contributed by atoms with Gasteiger partial charge in [-0.3, -0.25) is 4.79 Å². The number of nitrogens with one attached hydrogen (secondary N) is 2. The summed E-state index contributed by atoms with van der Waals surface area (Å²) < 4.78 is 10.00. The van der Waals surface area contributed by atoms with E-state index in [2.05, 4.69) is 10.6 Å². The van der Waals surface area contributed by atoms with Crippen molar-refractivity contribution in [1.82, 2.24) is 5.32 Å². The zero-order chi connectivity index (χ0) is 23.7. The number of methoxy groups -OCH3 is 1. The number of ether oxygens (including phenoxy) is 2. The highest BCUT2D eigenvalue weighted by atomic mass is 16.6. The summed E-state index contributed by atoms with van der Waals surface area (Å²) in [5.41, 5.74) is 7.66. The smallest absolute Gasteiger partial charge is 0.408 e. The van der Waals surface area contributed by atoms with E-state index in [4.69, 9.17) is 15.2 Å². The van der Waals surface area contributed by atoms with Crippen molar-refractivity contribution in [3.05, 3.63) is 65.7 Å². The molecule has 8 nitrogen and oxygen atoms in total. The Hall–Kier alpha value is -3.39. The molecule has 0 aliphatic heterocycles. The van der Waals surface area contributed by atoms with Gasteiger partial charge in [-0.2, -0.15) is 0 Å². The summed E-state index contributed by atoms with van der Waals surface area (Å²) in [6.07, 6.45) is -0.0700. The van der Waals surface area contributed by atoms with E-state index in [-0.39, 0.29) is 12.3 Å². The van der Waals surface area contributed by atoms with Gasteiger partial charge in [0.1, 0.15) is 11.6 Å². The second-order valence-electron chi connectivity index (χ2n) is 8.41. The van der Waals surface area contributed by atoms with Crippen molar-refractivity contribution in [3.63, 3.8) is 0 Å². The van der Waals surface area contributed by atoms with E-state index >= 15 is 0 Å². The summed E-state index contributed by atoms with van der Waals surface area (Å²) in [6.45, 7) is 5.20. The molecule has 0 fully saturated rings. The summed E-state index contributed by atoms with van der Waals surface area (Å²) in [4.78, 5) is 36.5. The van der Waals surface area contributed by atoms with Gasteiger partial charge in [-0.25, -0.2) is 9.59 Å². The molecular formula is C24H31N3O5. The summed E-state index contributed by atoms with van der Waals surface area (Å²) in [5, 5.41) is 5.32. The van der Waals surface area contributed by atoms with Crippen LogP contribution in [0.4, 0.5) is 10.5 Å². The van der Waals surface area contributed by atoms with E-state index in [0.29, 0.717) is 12.1 Å². The van der Waals surface area contributed by atoms with Gasteiger partial charge >= 0.3 is 12.1 Å². The SMILES string of the molecule is COC(=O)C(Cc1ccc(NC(=O)C(N)Cc2ccccc2)cc1)NC(=O)OC(C)(C)C. The fourth-order valence-corrected chi connectivity index (χ4v) is 2.94. The predicted octanol–water partition coefficient (Wildman–Crippen LogP) is 2.80. The third-order valence-electron chi connectivity index (χ3n) is 4.47. The number of amides is 2. The molecule has 2 rings (SSSR count). The highest BCUT2D eigenvalue weighted by Gasteiger charge is 2.25. The maximum Gasteiger partial charge on any atom is 0.408 e.